The van der Waals surface area contributed by atoms with Crippen LogP contribution < -0.4 is 0 Å². The van der Waals surface area contributed by atoms with Crippen molar-refractivity contribution in [1.82, 2.24) is 4.90 Å². The van der Waals surface area contributed by atoms with Crippen molar-refractivity contribution >= 4 is 15.9 Å². The lowest BCUT2D eigenvalue weighted by molar-refractivity contribution is 0.152. The van der Waals surface area contributed by atoms with Crippen LogP contribution in [0.4, 0.5) is 0 Å². The summed E-state index contributed by atoms with van der Waals surface area (Å²) >= 11 is 3.52. The molecule has 1 saturated heterocycles. The van der Waals surface area contributed by atoms with Crippen LogP contribution in [0.3, 0.4) is 0 Å². The van der Waals surface area contributed by atoms with Crippen LogP contribution in [0.25, 0.3) is 0 Å². The number of hydrogen-bond acceptors (Lipinski definition) is 2. The molecule has 13 heavy (non-hydrogen) atoms. The molecular weight excluding hydrogens is 230 g/mol. The summed E-state index contributed by atoms with van der Waals surface area (Å²) < 4.78 is 5.17. The Morgan fingerprint density at radius 2 is 2.38 bits per heavy atom. The molecule has 2 unspecified atom stereocenters. The molecule has 0 aliphatic carbocycles. The van der Waals surface area contributed by atoms with Crippen LogP contribution >= 0.6 is 15.9 Å². The van der Waals surface area contributed by atoms with Crippen LogP contribution in [0.5, 0.6) is 0 Å². The smallest absolute Gasteiger partial charge is 0.0503 e. The van der Waals surface area contributed by atoms with E-state index in [1.165, 1.54) is 26.1 Å². The van der Waals surface area contributed by atoms with Crippen molar-refractivity contribution in [2.45, 2.75) is 13.3 Å². The minimum atomic E-state index is 0.765. The SMILES string of the molecule is COCC1CCN(CC(C)CBr)C1. The quantitative estimate of drug-likeness (QED) is 0.692. The number of hydrogen-bond donors (Lipinski definition) is 0. The molecule has 2 nitrogen and oxygen atoms in total. The summed E-state index contributed by atoms with van der Waals surface area (Å²) in [5.74, 6) is 1.54. The zero-order valence-electron chi connectivity index (χ0n) is 8.63. The Labute approximate surface area is 89.8 Å². The Bertz CT molecular complexity index is 143. The molecule has 1 fully saturated rings. The van der Waals surface area contributed by atoms with Crippen LogP contribution in [0.1, 0.15) is 13.3 Å². The monoisotopic (exact) mass is 249 g/mol. The van der Waals surface area contributed by atoms with Gasteiger partial charge in [0.2, 0.25) is 0 Å². The van der Waals surface area contributed by atoms with Gasteiger partial charge in [-0.1, -0.05) is 22.9 Å². The number of alkyl halides is 1. The first-order valence-corrected chi connectivity index (χ1v) is 6.15. The van der Waals surface area contributed by atoms with E-state index in [-0.39, 0.29) is 0 Å². The van der Waals surface area contributed by atoms with Crippen LogP contribution in [0.2, 0.25) is 0 Å². The summed E-state index contributed by atoms with van der Waals surface area (Å²) in [6.07, 6.45) is 1.31. The predicted octanol–water partition coefficient (Wildman–Crippen LogP) is 1.99. The molecule has 0 saturated carbocycles. The number of halogens is 1. The lowest BCUT2D eigenvalue weighted by Gasteiger charge is -2.19. The Kier molecular flexibility index (Phi) is 5.29. The molecule has 1 rings (SSSR count). The third kappa shape index (κ3) is 3.96. The van der Waals surface area contributed by atoms with Gasteiger partial charge in [0.1, 0.15) is 0 Å². The molecule has 3 heteroatoms. The molecule has 0 N–H and O–H groups in total. The highest BCUT2D eigenvalue weighted by Gasteiger charge is 2.22. The largest absolute Gasteiger partial charge is 0.384 e. The van der Waals surface area contributed by atoms with E-state index in [9.17, 15) is 0 Å². The number of likely N-dealkylation sites (tertiary alicyclic amines) is 1. The average Bonchev–Trinajstić information content (AvgIpc) is 2.53. The van der Waals surface area contributed by atoms with Crippen molar-refractivity contribution in [3.05, 3.63) is 0 Å². The van der Waals surface area contributed by atoms with Crippen molar-refractivity contribution in [3.63, 3.8) is 0 Å². The minimum Gasteiger partial charge on any atom is -0.384 e. The highest BCUT2D eigenvalue weighted by Crippen LogP contribution is 2.17. The summed E-state index contributed by atoms with van der Waals surface area (Å²) in [6, 6.07) is 0. The normalized spacial score (nSPS) is 26.5. The first kappa shape index (κ1) is 11.5. The van der Waals surface area contributed by atoms with Gasteiger partial charge in [0, 0.05) is 25.5 Å². The second kappa shape index (κ2) is 5.99. The maximum atomic E-state index is 5.17. The topological polar surface area (TPSA) is 12.5 Å². The zero-order chi connectivity index (χ0) is 9.68. The predicted molar refractivity (Wildman–Crippen MR) is 59.4 cm³/mol. The molecular formula is C10H20BrNO. The van der Waals surface area contributed by atoms with Gasteiger partial charge in [0.05, 0.1) is 6.61 Å². The molecule has 0 aromatic rings. The molecule has 0 aromatic heterocycles. The van der Waals surface area contributed by atoms with E-state index in [1.54, 1.807) is 7.11 Å². The summed E-state index contributed by atoms with van der Waals surface area (Å²) in [4.78, 5) is 2.55. The molecule has 0 spiro atoms. The summed E-state index contributed by atoms with van der Waals surface area (Å²) in [7, 11) is 1.80. The Morgan fingerprint density at radius 1 is 1.62 bits per heavy atom. The van der Waals surface area contributed by atoms with Gasteiger partial charge in [0.25, 0.3) is 0 Å². The first-order chi connectivity index (χ1) is 6.26. The third-order valence-corrected chi connectivity index (χ3v) is 3.71. The van der Waals surface area contributed by atoms with Crippen LogP contribution in [-0.4, -0.2) is 43.6 Å². The van der Waals surface area contributed by atoms with Gasteiger partial charge in [-0.25, -0.2) is 0 Å². The number of methoxy groups -OCH3 is 1. The number of ether oxygens (including phenoxy) is 1. The lowest BCUT2D eigenvalue weighted by Crippen LogP contribution is -2.27. The summed E-state index contributed by atoms with van der Waals surface area (Å²) in [6.45, 7) is 6.93. The van der Waals surface area contributed by atoms with Gasteiger partial charge < -0.3 is 9.64 Å². The Morgan fingerprint density at radius 3 is 3.00 bits per heavy atom. The molecule has 0 aromatic carbocycles. The maximum absolute atomic E-state index is 5.17. The van der Waals surface area contributed by atoms with Crippen molar-refractivity contribution in [3.8, 4) is 0 Å². The first-order valence-electron chi connectivity index (χ1n) is 5.03. The minimum absolute atomic E-state index is 0.765. The van der Waals surface area contributed by atoms with Crippen LogP contribution in [0, 0.1) is 11.8 Å². The fraction of sp³-hybridized carbons (Fsp3) is 1.00. The molecule has 2 atom stereocenters. The second-order valence-corrected chi connectivity index (χ2v) is 4.78. The number of rotatable bonds is 5. The van der Waals surface area contributed by atoms with E-state index >= 15 is 0 Å². The van der Waals surface area contributed by atoms with E-state index < -0.39 is 0 Å². The van der Waals surface area contributed by atoms with E-state index in [1.807, 2.05) is 0 Å². The average molecular weight is 250 g/mol. The zero-order valence-corrected chi connectivity index (χ0v) is 10.2. The molecule has 1 heterocycles. The summed E-state index contributed by atoms with van der Waals surface area (Å²) in [5.41, 5.74) is 0. The van der Waals surface area contributed by atoms with Crippen molar-refractivity contribution in [1.29, 1.82) is 0 Å². The van der Waals surface area contributed by atoms with Crippen molar-refractivity contribution in [2.75, 3.05) is 38.7 Å². The molecule has 0 bridgehead atoms. The standard InChI is InChI=1S/C10H20BrNO/c1-9(5-11)6-12-4-3-10(7-12)8-13-2/h9-10H,3-8H2,1-2H3. The van der Waals surface area contributed by atoms with Crippen LogP contribution in [0.15, 0.2) is 0 Å². The summed E-state index contributed by atoms with van der Waals surface area (Å²) in [5, 5.41) is 1.11. The highest BCUT2D eigenvalue weighted by molar-refractivity contribution is 9.09. The van der Waals surface area contributed by atoms with E-state index in [0.717, 1.165) is 23.8 Å². The third-order valence-electron chi connectivity index (χ3n) is 2.61. The Hall–Kier alpha value is 0.400. The van der Waals surface area contributed by atoms with Gasteiger partial charge in [-0.15, -0.1) is 0 Å². The van der Waals surface area contributed by atoms with Gasteiger partial charge in [-0.2, -0.15) is 0 Å². The van der Waals surface area contributed by atoms with E-state index in [0.29, 0.717) is 0 Å². The fourth-order valence-electron chi connectivity index (χ4n) is 1.94. The van der Waals surface area contributed by atoms with Crippen molar-refractivity contribution in [2.24, 2.45) is 11.8 Å². The Balaban J connectivity index is 2.17. The fourth-order valence-corrected chi connectivity index (χ4v) is 2.14. The molecule has 1 aliphatic heterocycles. The van der Waals surface area contributed by atoms with Gasteiger partial charge >= 0.3 is 0 Å². The number of nitrogens with zero attached hydrogens (tertiary/aromatic N) is 1. The van der Waals surface area contributed by atoms with Gasteiger partial charge in [-0.3, -0.25) is 0 Å². The van der Waals surface area contributed by atoms with Gasteiger partial charge in [0.15, 0.2) is 0 Å². The molecule has 0 amide bonds. The molecule has 1 aliphatic rings. The maximum Gasteiger partial charge on any atom is 0.0503 e. The lowest BCUT2D eigenvalue weighted by atomic mass is 10.1. The molecule has 78 valence electrons. The van der Waals surface area contributed by atoms with E-state index in [2.05, 4.69) is 27.8 Å². The molecule has 0 radical (unpaired) electrons. The van der Waals surface area contributed by atoms with Crippen molar-refractivity contribution < 1.29 is 4.74 Å². The second-order valence-electron chi connectivity index (χ2n) is 4.13. The highest BCUT2D eigenvalue weighted by atomic mass is 79.9. The van der Waals surface area contributed by atoms with E-state index in [4.69, 9.17) is 4.74 Å². The van der Waals surface area contributed by atoms with Gasteiger partial charge in [-0.05, 0) is 24.8 Å². The van der Waals surface area contributed by atoms with Crippen LogP contribution in [-0.2, 0) is 4.74 Å².